The minimum atomic E-state index is -0.865. The molecule has 0 spiro atoms. The second-order valence-electron chi connectivity index (χ2n) is 5.86. The van der Waals surface area contributed by atoms with Crippen LogP contribution in [0.15, 0.2) is 34.8 Å². The van der Waals surface area contributed by atoms with Gasteiger partial charge in [-0.2, -0.15) is 5.10 Å². The summed E-state index contributed by atoms with van der Waals surface area (Å²) in [4.78, 5) is 24.0. The van der Waals surface area contributed by atoms with Gasteiger partial charge in [-0.1, -0.05) is 41.9 Å². The second-order valence-corrected chi connectivity index (χ2v) is 6.78. The predicted molar refractivity (Wildman–Crippen MR) is 94.4 cm³/mol. The van der Waals surface area contributed by atoms with Gasteiger partial charge in [0.15, 0.2) is 6.10 Å². The van der Waals surface area contributed by atoms with E-state index in [4.69, 9.17) is 4.74 Å². The smallest absolute Gasteiger partial charge is 0.357 e. The van der Waals surface area contributed by atoms with E-state index in [1.54, 1.807) is 13.0 Å². The fourth-order valence-electron chi connectivity index (χ4n) is 1.92. The van der Waals surface area contributed by atoms with E-state index in [2.05, 4.69) is 31.4 Å². The Balaban J connectivity index is 1.98. The molecule has 1 atom stereocenters. The predicted octanol–water partition coefficient (Wildman–Crippen LogP) is 3.16. The van der Waals surface area contributed by atoms with Gasteiger partial charge < -0.3 is 10.1 Å². The lowest BCUT2D eigenvalue weighted by Crippen LogP contribution is -2.37. The molecule has 0 bridgehead atoms. The normalized spacial score (nSPS) is 12.0. The van der Waals surface area contributed by atoms with Gasteiger partial charge in [0.2, 0.25) is 0 Å². The average Bonchev–Trinajstić information content (AvgIpc) is 3.03. The molecule has 2 rings (SSSR count). The minimum absolute atomic E-state index is 0.205. The summed E-state index contributed by atoms with van der Waals surface area (Å²) in [6.07, 6.45) is -0.865. The fraction of sp³-hybridized carbons (Fsp3) is 0.353. The molecule has 6 nitrogen and oxygen atoms in total. The van der Waals surface area contributed by atoms with E-state index in [9.17, 15) is 9.59 Å². The molecule has 1 aromatic carbocycles. The number of H-pyrrole nitrogens is 1. The van der Waals surface area contributed by atoms with Crippen LogP contribution in [0.1, 0.15) is 31.3 Å². The van der Waals surface area contributed by atoms with Gasteiger partial charge in [-0.05, 0) is 31.0 Å². The molecule has 0 aliphatic heterocycles. The summed E-state index contributed by atoms with van der Waals surface area (Å²) in [6.45, 7) is 6.06. The zero-order valence-electron chi connectivity index (χ0n) is 13.8. The number of esters is 1. The molecular weight excluding hydrogens is 374 g/mol. The van der Waals surface area contributed by atoms with Crippen molar-refractivity contribution < 1.29 is 14.3 Å². The van der Waals surface area contributed by atoms with Gasteiger partial charge in [-0.25, -0.2) is 4.79 Å². The van der Waals surface area contributed by atoms with Crippen LogP contribution in [0.25, 0.3) is 11.3 Å². The van der Waals surface area contributed by atoms with Crippen molar-refractivity contribution in [1.29, 1.82) is 0 Å². The Hall–Kier alpha value is -2.15. The van der Waals surface area contributed by atoms with Gasteiger partial charge >= 0.3 is 5.97 Å². The second kappa shape index (κ2) is 8.10. The van der Waals surface area contributed by atoms with Gasteiger partial charge in [0.05, 0.1) is 5.69 Å². The Morgan fingerprint density at radius 3 is 2.54 bits per heavy atom. The Kier molecular flexibility index (Phi) is 6.14. The average molecular weight is 394 g/mol. The van der Waals surface area contributed by atoms with Gasteiger partial charge in [-0.15, -0.1) is 0 Å². The Bertz CT molecular complexity index is 710. The monoisotopic (exact) mass is 393 g/mol. The lowest BCUT2D eigenvalue weighted by molar-refractivity contribution is -0.129. The number of nitrogens with one attached hydrogen (secondary N) is 2. The van der Waals surface area contributed by atoms with Crippen LogP contribution in [0, 0.1) is 5.92 Å². The highest BCUT2D eigenvalue weighted by atomic mass is 79.9. The standard InChI is InChI=1S/C17H20BrN3O3/c1-10(2)9-19-16(22)11(3)24-17(23)15-8-14(20-21-15)12-4-6-13(18)7-5-12/h4-8,10-11H,9H2,1-3H3,(H,19,22)(H,20,21). The van der Waals surface area contributed by atoms with Crippen molar-refractivity contribution in [1.82, 2.24) is 15.5 Å². The number of benzene rings is 1. The Labute approximate surface area is 149 Å². The van der Waals surface area contributed by atoms with Crippen molar-refractivity contribution >= 4 is 27.8 Å². The number of aromatic amines is 1. The summed E-state index contributed by atoms with van der Waals surface area (Å²) in [7, 11) is 0. The number of hydrogen-bond donors (Lipinski definition) is 2. The van der Waals surface area contributed by atoms with Crippen LogP contribution in [0.3, 0.4) is 0 Å². The topological polar surface area (TPSA) is 84.1 Å². The molecule has 1 amide bonds. The van der Waals surface area contributed by atoms with Crippen LogP contribution in [0.5, 0.6) is 0 Å². The lowest BCUT2D eigenvalue weighted by Gasteiger charge is -2.13. The van der Waals surface area contributed by atoms with Gasteiger partial charge in [0.25, 0.3) is 5.91 Å². The number of carbonyl (C=O) groups excluding carboxylic acids is 2. The highest BCUT2D eigenvalue weighted by Crippen LogP contribution is 2.20. The van der Waals surface area contributed by atoms with E-state index in [0.29, 0.717) is 18.2 Å². The largest absolute Gasteiger partial charge is 0.448 e. The number of nitrogens with zero attached hydrogens (tertiary/aromatic N) is 1. The van der Waals surface area contributed by atoms with Crippen molar-refractivity contribution in [3.05, 3.63) is 40.5 Å². The van der Waals surface area contributed by atoms with Crippen molar-refractivity contribution in [2.75, 3.05) is 6.54 Å². The van der Waals surface area contributed by atoms with Crippen LogP contribution in [0.4, 0.5) is 0 Å². The number of halogens is 1. The van der Waals surface area contributed by atoms with Crippen LogP contribution in [-0.2, 0) is 9.53 Å². The lowest BCUT2D eigenvalue weighted by atomic mass is 10.1. The molecule has 7 heteroatoms. The summed E-state index contributed by atoms with van der Waals surface area (Å²) >= 11 is 3.37. The van der Waals surface area contributed by atoms with E-state index >= 15 is 0 Å². The molecular formula is C17H20BrN3O3. The first-order chi connectivity index (χ1) is 11.4. The van der Waals surface area contributed by atoms with Crippen LogP contribution < -0.4 is 5.32 Å². The third-order valence-electron chi connectivity index (χ3n) is 3.28. The summed E-state index contributed by atoms with van der Waals surface area (Å²) in [5.41, 5.74) is 1.71. The van der Waals surface area contributed by atoms with Crippen molar-refractivity contribution in [2.45, 2.75) is 26.9 Å². The van der Waals surface area contributed by atoms with E-state index < -0.39 is 12.1 Å². The first-order valence-electron chi connectivity index (χ1n) is 7.67. The Morgan fingerprint density at radius 2 is 1.92 bits per heavy atom. The zero-order valence-corrected chi connectivity index (χ0v) is 15.4. The van der Waals surface area contributed by atoms with Crippen LogP contribution >= 0.6 is 15.9 Å². The summed E-state index contributed by atoms with van der Waals surface area (Å²) in [6, 6.07) is 9.16. The van der Waals surface area contributed by atoms with Gasteiger partial charge in [0.1, 0.15) is 5.69 Å². The maximum atomic E-state index is 12.1. The minimum Gasteiger partial charge on any atom is -0.448 e. The number of amides is 1. The third kappa shape index (κ3) is 4.92. The number of hydrogen-bond acceptors (Lipinski definition) is 4. The molecule has 1 aromatic heterocycles. The summed E-state index contributed by atoms with van der Waals surface area (Å²) in [5, 5.41) is 9.48. The molecule has 0 aliphatic carbocycles. The molecule has 0 saturated carbocycles. The van der Waals surface area contributed by atoms with Crippen molar-refractivity contribution in [3.8, 4) is 11.3 Å². The summed E-state index contributed by atoms with van der Waals surface area (Å²) < 4.78 is 6.13. The SMILES string of the molecule is CC(C)CNC(=O)C(C)OC(=O)c1cc(-c2ccc(Br)cc2)n[nH]1. The molecule has 2 N–H and O–H groups in total. The van der Waals surface area contributed by atoms with E-state index in [-0.39, 0.29) is 11.6 Å². The number of rotatable bonds is 6. The first kappa shape index (κ1) is 18.2. The van der Waals surface area contributed by atoms with Crippen LogP contribution in [0.2, 0.25) is 0 Å². The summed E-state index contributed by atoms with van der Waals surface area (Å²) in [5.74, 6) is -0.597. The van der Waals surface area contributed by atoms with E-state index in [0.717, 1.165) is 10.0 Å². The number of ether oxygens (including phenoxy) is 1. The van der Waals surface area contributed by atoms with E-state index in [1.165, 1.54) is 0 Å². The zero-order chi connectivity index (χ0) is 17.7. The third-order valence-corrected chi connectivity index (χ3v) is 3.80. The maximum Gasteiger partial charge on any atom is 0.357 e. The Morgan fingerprint density at radius 1 is 1.25 bits per heavy atom. The first-order valence-corrected chi connectivity index (χ1v) is 8.46. The molecule has 1 unspecified atom stereocenters. The molecule has 2 aromatic rings. The van der Waals surface area contributed by atoms with Gasteiger partial charge in [0, 0.05) is 16.6 Å². The van der Waals surface area contributed by atoms with Crippen molar-refractivity contribution in [2.24, 2.45) is 5.92 Å². The molecule has 24 heavy (non-hydrogen) atoms. The molecule has 1 heterocycles. The molecule has 0 aliphatic rings. The molecule has 128 valence electrons. The number of aromatic nitrogens is 2. The molecule has 0 fully saturated rings. The number of carbonyl (C=O) groups is 2. The quantitative estimate of drug-likeness (QED) is 0.738. The van der Waals surface area contributed by atoms with Gasteiger partial charge in [-0.3, -0.25) is 9.89 Å². The molecule has 0 saturated heterocycles. The van der Waals surface area contributed by atoms with E-state index in [1.807, 2.05) is 38.1 Å². The maximum absolute atomic E-state index is 12.1. The van der Waals surface area contributed by atoms with Crippen molar-refractivity contribution in [3.63, 3.8) is 0 Å². The highest BCUT2D eigenvalue weighted by Gasteiger charge is 2.20. The van der Waals surface area contributed by atoms with Crippen LogP contribution in [-0.4, -0.2) is 34.7 Å². The highest BCUT2D eigenvalue weighted by molar-refractivity contribution is 9.10. The fourth-order valence-corrected chi connectivity index (χ4v) is 2.19. The molecule has 0 radical (unpaired) electrons.